The molecule has 1 aromatic heterocycles. The van der Waals surface area contributed by atoms with Gasteiger partial charge in [-0.05, 0) is 90.4 Å². The number of halogens is 1. The number of carbonyl (C=O) groups excluding carboxylic acids is 2. The van der Waals surface area contributed by atoms with E-state index in [1.807, 2.05) is 81.4 Å². The van der Waals surface area contributed by atoms with Gasteiger partial charge in [-0.3, -0.25) is 14.5 Å². The zero-order valence-corrected chi connectivity index (χ0v) is 21.8. The molecule has 0 radical (unpaired) electrons. The predicted molar refractivity (Wildman–Crippen MR) is 144 cm³/mol. The predicted octanol–water partition coefficient (Wildman–Crippen LogP) is 6.45. The monoisotopic (exact) mass is 580 g/mol. The smallest absolute Gasteiger partial charge is 0.301 e. The quantitative estimate of drug-likeness (QED) is 0.131. The van der Waals surface area contributed by atoms with Gasteiger partial charge in [0.25, 0.3) is 5.78 Å². The van der Waals surface area contributed by atoms with Gasteiger partial charge in [0.05, 0.1) is 21.8 Å². The van der Waals surface area contributed by atoms with Crippen molar-refractivity contribution >= 4 is 66.7 Å². The highest BCUT2D eigenvalue weighted by atomic mass is 127. The molecule has 2 heterocycles. The topological polar surface area (TPSA) is 70.5 Å². The van der Waals surface area contributed by atoms with E-state index in [9.17, 15) is 14.7 Å². The number of Topliss-reactive ketones (excluding diaryl/α,β-unsaturated/α-hetero) is 1. The van der Waals surface area contributed by atoms with Crippen LogP contribution >= 0.6 is 33.9 Å². The summed E-state index contributed by atoms with van der Waals surface area (Å²) in [6.45, 7) is 5.80. The largest absolute Gasteiger partial charge is 0.507 e. The van der Waals surface area contributed by atoms with Gasteiger partial charge in [0, 0.05) is 9.13 Å². The number of thiazole rings is 1. The first-order chi connectivity index (χ1) is 16.2. The standard InChI is InChI=1S/C27H21IN2O3S/c1-14-4-6-16(3)19(12-14)24(31)22-23(17-7-9-18(28)10-8-17)30(26(33)25(22)32)27-29-20-11-5-15(2)13-21(20)34-27/h4-13,23,31H,1-3H3/b24-22+. The molecule has 0 bridgehead atoms. The van der Waals surface area contributed by atoms with Gasteiger partial charge in [-0.2, -0.15) is 0 Å². The van der Waals surface area contributed by atoms with Gasteiger partial charge >= 0.3 is 5.91 Å². The van der Waals surface area contributed by atoms with Gasteiger partial charge in [-0.15, -0.1) is 0 Å². The van der Waals surface area contributed by atoms with Crippen LogP contribution in [0.15, 0.2) is 66.2 Å². The number of amides is 1. The number of hydrogen-bond donors (Lipinski definition) is 1. The van der Waals surface area contributed by atoms with Crippen molar-refractivity contribution in [1.82, 2.24) is 4.98 Å². The zero-order chi connectivity index (χ0) is 24.1. The van der Waals surface area contributed by atoms with Crippen molar-refractivity contribution in [2.24, 2.45) is 0 Å². The molecule has 1 atom stereocenters. The zero-order valence-electron chi connectivity index (χ0n) is 18.8. The van der Waals surface area contributed by atoms with Crippen molar-refractivity contribution in [2.75, 3.05) is 4.90 Å². The number of aromatic nitrogens is 1. The van der Waals surface area contributed by atoms with E-state index in [0.717, 1.165) is 36.0 Å². The number of fused-ring (bicyclic) bond motifs is 1. The SMILES string of the molecule is Cc1ccc(C)c(/C(O)=C2\C(=O)C(=O)N(c3nc4ccc(C)cc4s3)C2c2ccc(I)cc2)c1. The van der Waals surface area contributed by atoms with Gasteiger partial charge in [-0.25, -0.2) is 4.98 Å². The molecule has 1 N–H and O–H groups in total. The van der Waals surface area contributed by atoms with E-state index in [1.165, 1.54) is 16.2 Å². The highest BCUT2D eigenvalue weighted by Crippen LogP contribution is 2.44. The summed E-state index contributed by atoms with van der Waals surface area (Å²) in [7, 11) is 0. The van der Waals surface area contributed by atoms with Crippen LogP contribution in [0.1, 0.15) is 33.9 Å². The Morgan fingerprint density at radius 2 is 1.65 bits per heavy atom. The number of nitrogens with zero attached hydrogens (tertiary/aromatic N) is 2. The second kappa shape index (κ2) is 8.63. The summed E-state index contributed by atoms with van der Waals surface area (Å²) in [5.74, 6) is -1.56. The minimum absolute atomic E-state index is 0.0790. The third kappa shape index (κ3) is 3.82. The van der Waals surface area contributed by atoms with Crippen LogP contribution in [-0.2, 0) is 9.59 Å². The molecule has 0 saturated carbocycles. The van der Waals surface area contributed by atoms with E-state index < -0.39 is 17.7 Å². The third-order valence-electron chi connectivity index (χ3n) is 6.02. The first kappa shape index (κ1) is 22.7. The number of benzene rings is 3. The maximum Gasteiger partial charge on any atom is 0.301 e. The van der Waals surface area contributed by atoms with E-state index in [1.54, 1.807) is 0 Å². The van der Waals surface area contributed by atoms with Gasteiger partial charge in [0.1, 0.15) is 5.76 Å². The first-order valence-electron chi connectivity index (χ1n) is 10.8. The van der Waals surface area contributed by atoms with Gasteiger partial charge in [-0.1, -0.05) is 47.2 Å². The van der Waals surface area contributed by atoms with E-state index in [0.29, 0.717) is 10.7 Å². The van der Waals surface area contributed by atoms with Crippen molar-refractivity contribution in [1.29, 1.82) is 0 Å². The number of aliphatic hydroxyl groups is 1. The van der Waals surface area contributed by atoms with Crippen LogP contribution in [0.2, 0.25) is 0 Å². The van der Waals surface area contributed by atoms with Crippen molar-refractivity contribution in [3.05, 3.63) is 97.6 Å². The van der Waals surface area contributed by atoms with Gasteiger partial charge in [0.15, 0.2) is 5.13 Å². The highest BCUT2D eigenvalue weighted by molar-refractivity contribution is 14.1. The van der Waals surface area contributed by atoms with Gasteiger partial charge < -0.3 is 5.11 Å². The molecular formula is C27H21IN2O3S. The molecule has 0 spiro atoms. The number of carbonyl (C=O) groups is 2. The lowest BCUT2D eigenvalue weighted by atomic mass is 9.93. The Balaban J connectivity index is 1.76. The van der Waals surface area contributed by atoms with Crippen LogP contribution < -0.4 is 4.90 Å². The van der Waals surface area contributed by atoms with Crippen LogP contribution in [0.25, 0.3) is 16.0 Å². The molecule has 34 heavy (non-hydrogen) atoms. The van der Waals surface area contributed by atoms with Crippen molar-refractivity contribution in [2.45, 2.75) is 26.8 Å². The van der Waals surface area contributed by atoms with Crippen LogP contribution in [0.3, 0.4) is 0 Å². The molecule has 1 saturated heterocycles. The molecule has 5 nitrogen and oxygen atoms in total. The van der Waals surface area contributed by atoms with E-state index in [-0.39, 0.29) is 11.3 Å². The molecule has 1 aliphatic heterocycles. The number of aliphatic hydroxyl groups excluding tert-OH is 1. The normalized spacial score (nSPS) is 17.6. The third-order valence-corrected chi connectivity index (χ3v) is 7.75. The average molecular weight is 580 g/mol. The Morgan fingerprint density at radius 1 is 0.971 bits per heavy atom. The molecular weight excluding hydrogens is 559 g/mol. The molecule has 5 rings (SSSR count). The highest BCUT2D eigenvalue weighted by Gasteiger charge is 2.48. The first-order valence-corrected chi connectivity index (χ1v) is 12.7. The molecule has 1 fully saturated rings. The minimum Gasteiger partial charge on any atom is -0.507 e. The molecule has 1 unspecified atom stereocenters. The van der Waals surface area contributed by atoms with Crippen molar-refractivity contribution in [3.8, 4) is 0 Å². The Hall–Kier alpha value is -3.04. The number of rotatable bonds is 3. The van der Waals surface area contributed by atoms with E-state index in [2.05, 4.69) is 27.6 Å². The van der Waals surface area contributed by atoms with Gasteiger partial charge in [0.2, 0.25) is 0 Å². The van der Waals surface area contributed by atoms with E-state index >= 15 is 0 Å². The van der Waals surface area contributed by atoms with Crippen LogP contribution in [0.4, 0.5) is 5.13 Å². The average Bonchev–Trinajstić information content (AvgIpc) is 3.33. The fourth-order valence-electron chi connectivity index (χ4n) is 4.25. The lowest BCUT2D eigenvalue weighted by molar-refractivity contribution is -0.132. The maximum absolute atomic E-state index is 13.4. The molecule has 1 amide bonds. The number of ketones is 1. The summed E-state index contributed by atoms with van der Waals surface area (Å²) in [5, 5.41) is 11.8. The Morgan fingerprint density at radius 3 is 2.38 bits per heavy atom. The molecule has 3 aromatic carbocycles. The van der Waals surface area contributed by atoms with Crippen molar-refractivity contribution in [3.63, 3.8) is 0 Å². The fraction of sp³-hybridized carbons (Fsp3) is 0.148. The molecule has 7 heteroatoms. The Kier molecular flexibility index (Phi) is 5.77. The molecule has 1 aliphatic rings. The fourth-order valence-corrected chi connectivity index (χ4v) is 5.70. The summed E-state index contributed by atoms with van der Waals surface area (Å²) >= 11 is 3.58. The van der Waals surface area contributed by atoms with Crippen molar-refractivity contribution < 1.29 is 14.7 Å². The summed E-state index contributed by atoms with van der Waals surface area (Å²) in [4.78, 5) is 32.9. The molecule has 4 aromatic rings. The molecule has 0 aliphatic carbocycles. The number of hydrogen-bond acceptors (Lipinski definition) is 5. The van der Waals surface area contributed by atoms with Crippen LogP contribution in [0, 0.1) is 24.3 Å². The van der Waals surface area contributed by atoms with E-state index in [4.69, 9.17) is 0 Å². The summed E-state index contributed by atoms with van der Waals surface area (Å²) in [6.07, 6.45) is 0. The Bertz CT molecular complexity index is 1500. The number of anilines is 1. The Labute approximate surface area is 214 Å². The van der Waals surface area contributed by atoms with Crippen LogP contribution in [0.5, 0.6) is 0 Å². The van der Waals surface area contributed by atoms with Crippen LogP contribution in [-0.4, -0.2) is 21.8 Å². The molecule has 170 valence electrons. The minimum atomic E-state index is -0.779. The maximum atomic E-state index is 13.4. The summed E-state index contributed by atoms with van der Waals surface area (Å²) in [6, 6.07) is 18.4. The number of aryl methyl sites for hydroxylation is 3. The summed E-state index contributed by atoms with van der Waals surface area (Å²) in [5.41, 5.74) is 5.00. The summed E-state index contributed by atoms with van der Waals surface area (Å²) < 4.78 is 1.97. The second-order valence-electron chi connectivity index (χ2n) is 8.51. The lowest BCUT2D eigenvalue weighted by Crippen LogP contribution is -2.29. The second-order valence-corrected chi connectivity index (χ2v) is 10.8. The lowest BCUT2D eigenvalue weighted by Gasteiger charge is -2.23.